The van der Waals surface area contributed by atoms with Crippen LogP contribution in [0.25, 0.3) is 0 Å². The number of thioether (sulfide) groups is 2. The number of hydrogen-bond donors (Lipinski definition) is 0. The van der Waals surface area contributed by atoms with Crippen molar-refractivity contribution in [1.29, 1.82) is 0 Å². The van der Waals surface area contributed by atoms with Gasteiger partial charge in [-0.05, 0) is 16.4 Å². The molecule has 2 rings (SSSR count). The van der Waals surface area contributed by atoms with Crippen LogP contribution in [0.4, 0.5) is 0 Å². The summed E-state index contributed by atoms with van der Waals surface area (Å²) >= 11 is 2.99. The van der Waals surface area contributed by atoms with E-state index in [-0.39, 0.29) is 10.6 Å². The van der Waals surface area contributed by atoms with E-state index in [4.69, 9.17) is 4.74 Å². The van der Waals surface area contributed by atoms with Crippen LogP contribution in [-0.4, -0.2) is 10.6 Å². The molecule has 0 bridgehead atoms. The molecule has 4 heteroatoms. The van der Waals surface area contributed by atoms with Crippen LogP contribution in [0.15, 0.2) is 41.1 Å². The number of ether oxygens (including phenoxy) is 1. The van der Waals surface area contributed by atoms with Crippen LogP contribution >= 0.6 is 23.5 Å². The Balaban J connectivity index is 1.81. The molecule has 15 heavy (non-hydrogen) atoms. The fraction of sp³-hybridized carbons (Fsp3) is 0.182. The third kappa shape index (κ3) is 3.04. The van der Waals surface area contributed by atoms with Crippen molar-refractivity contribution >= 4 is 29.5 Å². The zero-order valence-electron chi connectivity index (χ0n) is 7.96. The second-order valence-electron chi connectivity index (χ2n) is 2.97. The summed E-state index contributed by atoms with van der Waals surface area (Å²) in [7, 11) is 0. The van der Waals surface area contributed by atoms with Crippen LogP contribution in [0.1, 0.15) is 5.56 Å². The van der Waals surface area contributed by atoms with Crippen LogP contribution in [0, 0.1) is 0 Å². The summed E-state index contributed by atoms with van der Waals surface area (Å²) in [5.74, 6) is -0.154. The van der Waals surface area contributed by atoms with Gasteiger partial charge in [0.1, 0.15) is 6.61 Å². The fourth-order valence-electron chi connectivity index (χ4n) is 1.15. The largest absolute Gasteiger partial charge is 0.459 e. The molecule has 2 nitrogen and oxygen atoms in total. The molecule has 1 heterocycles. The minimum absolute atomic E-state index is 0.117. The van der Waals surface area contributed by atoms with Crippen LogP contribution in [0.5, 0.6) is 0 Å². The summed E-state index contributed by atoms with van der Waals surface area (Å²) in [6.45, 7) is 0.358. The highest BCUT2D eigenvalue weighted by atomic mass is 32.2. The van der Waals surface area contributed by atoms with E-state index < -0.39 is 0 Å². The van der Waals surface area contributed by atoms with E-state index in [2.05, 4.69) is 0 Å². The molecule has 0 fully saturated rings. The van der Waals surface area contributed by atoms with E-state index in [1.54, 1.807) is 0 Å². The first-order valence-corrected chi connectivity index (χ1v) is 6.41. The fourth-order valence-corrected chi connectivity index (χ4v) is 2.95. The van der Waals surface area contributed by atoms with Crippen molar-refractivity contribution in [2.75, 3.05) is 0 Å². The van der Waals surface area contributed by atoms with Crippen LogP contribution < -0.4 is 0 Å². The topological polar surface area (TPSA) is 26.3 Å². The Bertz CT molecular complexity index is 354. The number of carbonyl (C=O) groups is 1. The quantitative estimate of drug-likeness (QED) is 0.756. The van der Waals surface area contributed by atoms with Crippen molar-refractivity contribution in [3.63, 3.8) is 0 Å². The maximum Gasteiger partial charge on any atom is 0.330 e. The molecular formula is C11H10O2S2. The molecule has 78 valence electrons. The summed E-state index contributed by atoms with van der Waals surface area (Å²) in [6, 6.07) is 9.70. The molecule has 0 aliphatic carbocycles. The van der Waals surface area contributed by atoms with Gasteiger partial charge < -0.3 is 4.74 Å². The van der Waals surface area contributed by atoms with Gasteiger partial charge in [-0.2, -0.15) is 0 Å². The Kier molecular flexibility index (Phi) is 3.75. The average molecular weight is 238 g/mol. The standard InChI is InChI=1S/C11H10O2S2/c12-10(11-14-6-7-15-11)13-8-9-4-2-1-3-5-9/h1-7,11H,8H2. The highest BCUT2D eigenvalue weighted by Gasteiger charge is 2.22. The average Bonchev–Trinajstić information content (AvgIpc) is 2.81. The van der Waals surface area contributed by atoms with Gasteiger partial charge in [0.15, 0.2) is 4.58 Å². The van der Waals surface area contributed by atoms with Gasteiger partial charge in [0.2, 0.25) is 0 Å². The Morgan fingerprint density at radius 3 is 2.53 bits per heavy atom. The van der Waals surface area contributed by atoms with Crippen LogP contribution in [0.3, 0.4) is 0 Å². The summed E-state index contributed by atoms with van der Waals surface area (Å²) in [4.78, 5) is 11.5. The highest BCUT2D eigenvalue weighted by molar-refractivity contribution is 8.23. The van der Waals surface area contributed by atoms with Gasteiger partial charge in [0.25, 0.3) is 0 Å². The van der Waals surface area contributed by atoms with Gasteiger partial charge in [-0.1, -0.05) is 30.3 Å². The molecule has 0 atom stereocenters. The first kappa shape index (κ1) is 10.6. The van der Waals surface area contributed by atoms with E-state index in [9.17, 15) is 4.79 Å². The highest BCUT2D eigenvalue weighted by Crippen LogP contribution is 2.34. The van der Waals surface area contributed by atoms with E-state index in [0.29, 0.717) is 6.61 Å². The summed E-state index contributed by atoms with van der Waals surface area (Å²) < 4.78 is 5.07. The zero-order chi connectivity index (χ0) is 10.5. The van der Waals surface area contributed by atoms with Gasteiger partial charge in [-0.25, -0.2) is 4.79 Å². The lowest BCUT2D eigenvalue weighted by atomic mass is 10.2. The number of benzene rings is 1. The molecule has 0 unspecified atom stereocenters. The van der Waals surface area contributed by atoms with Gasteiger partial charge >= 0.3 is 5.97 Å². The minimum Gasteiger partial charge on any atom is -0.459 e. The smallest absolute Gasteiger partial charge is 0.330 e. The monoisotopic (exact) mass is 238 g/mol. The molecule has 0 saturated heterocycles. The van der Waals surface area contributed by atoms with E-state index in [1.165, 1.54) is 23.5 Å². The predicted octanol–water partition coefficient (Wildman–Crippen LogP) is 3.01. The van der Waals surface area contributed by atoms with Crippen LogP contribution in [-0.2, 0) is 16.1 Å². The van der Waals surface area contributed by atoms with Crippen molar-refractivity contribution < 1.29 is 9.53 Å². The Hall–Kier alpha value is -0.870. The first-order valence-electron chi connectivity index (χ1n) is 4.53. The SMILES string of the molecule is O=C(OCc1ccccc1)C1SC=CS1. The molecule has 0 amide bonds. The lowest BCUT2D eigenvalue weighted by molar-refractivity contribution is -0.142. The van der Waals surface area contributed by atoms with Crippen molar-refractivity contribution in [3.8, 4) is 0 Å². The number of rotatable bonds is 3. The Morgan fingerprint density at radius 2 is 1.87 bits per heavy atom. The molecule has 1 aromatic rings. The van der Waals surface area contributed by atoms with Crippen molar-refractivity contribution in [3.05, 3.63) is 46.7 Å². The second kappa shape index (κ2) is 5.28. The summed E-state index contributed by atoms with van der Waals surface area (Å²) in [5.41, 5.74) is 1.02. The molecule has 0 N–H and O–H groups in total. The third-order valence-corrected chi connectivity index (χ3v) is 4.18. The lowest BCUT2D eigenvalue weighted by Crippen LogP contribution is -2.14. The molecule has 0 spiro atoms. The van der Waals surface area contributed by atoms with E-state index in [0.717, 1.165) is 5.56 Å². The third-order valence-electron chi connectivity index (χ3n) is 1.88. The summed E-state index contributed by atoms with van der Waals surface area (Å²) in [6.07, 6.45) is 0. The summed E-state index contributed by atoms with van der Waals surface area (Å²) in [5, 5.41) is 3.83. The van der Waals surface area contributed by atoms with Gasteiger partial charge in [-0.15, -0.1) is 23.5 Å². The van der Waals surface area contributed by atoms with Crippen molar-refractivity contribution in [2.45, 2.75) is 11.2 Å². The van der Waals surface area contributed by atoms with Crippen molar-refractivity contribution in [1.82, 2.24) is 0 Å². The molecule has 1 aliphatic heterocycles. The maximum atomic E-state index is 11.5. The van der Waals surface area contributed by atoms with Gasteiger partial charge in [-0.3, -0.25) is 0 Å². The van der Waals surface area contributed by atoms with Crippen LogP contribution in [0.2, 0.25) is 0 Å². The van der Waals surface area contributed by atoms with E-state index in [1.807, 2.05) is 41.1 Å². The molecule has 1 aromatic carbocycles. The second-order valence-corrected chi connectivity index (χ2v) is 5.30. The number of carbonyl (C=O) groups excluding carboxylic acids is 1. The Morgan fingerprint density at radius 1 is 1.20 bits per heavy atom. The molecule has 0 radical (unpaired) electrons. The van der Waals surface area contributed by atoms with E-state index >= 15 is 0 Å². The molecule has 0 aromatic heterocycles. The molecule has 1 aliphatic rings. The lowest BCUT2D eigenvalue weighted by Gasteiger charge is -2.08. The minimum atomic E-state index is -0.154. The maximum absolute atomic E-state index is 11.5. The Labute approximate surface area is 97.1 Å². The molecular weight excluding hydrogens is 228 g/mol. The van der Waals surface area contributed by atoms with Crippen molar-refractivity contribution in [2.24, 2.45) is 0 Å². The van der Waals surface area contributed by atoms with Gasteiger partial charge in [0.05, 0.1) is 0 Å². The van der Waals surface area contributed by atoms with Gasteiger partial charge in [0, 0.05) is 0 Å². The normalized spacial score (nSPS) is 15.5. The predicted molar refractivity (Wildman–Crippen MR) is 64.3 cm³/mol. The zero-order valence-corrected chi connectivity index (χ0v) is 9.59. The molecule has 0 saturated carbocycles. The first-order chi connectivity index (χ1) is 7.36. The number of hydrogen-bond acceptors (Lipinski definition) is 4. The number of esters is 1.